The summed E-state index contributed by atoms with van der Waals surface area (Å²) in [6, 6.07) is 0. The fraction of sp³-hybridized carbons (Fsp3) is 0.700. The molecule has 0 spiro atoms. The van der Waals surface area contributed by atoms with Crippen LogP contribution in [0.5, 0.6) is 0 Å². The molecule has 0 aliphatic heterocycles. The number of hydrogen-bond acceptors (Lipinski definition) is 2. The molecule has 0 aliphatic carbocycles. The van der Waals surface area contributed by atoms with Crippen molar-refractivity contribution in [2.24, 2.45) is 11.8 Å². The highest BCUT2D eigenvalue weighted by Gasteiger charge is 2.22. The van der Waals surface area contributed by atoms with Crippen LogP contribution in [0.1, 0.15) is 27.2 Å². The minimum atomic E-state index is -0.111. The normalized spacial score (nSPS) is 12.4. The lowest BCUT2D eigenvalue weighted by Gasteiger charge is -2.17. The predicted molar refractivity (Wildman–Crippen MR) is 65.5 cm³/mol. The van der Waals surface area contributed by atoms with Crippen LogP contribution in [-0.4, -0.2) is 12.6 Å². The average molecular weight is 328 g/mol. The molecule has 0 aromatic heterocycles. The van der Waals surface area contributed by atoms with Crippen LogP contribution >= 0.6 is 31.9 Å². The van der Waals surface area contributed by atoms with Gasteiger partial charge in [-0.05, 0) is 51.1 Å². The van der Waals surface area contributed by atoms with E-state index < -0.39 is 0 Å². The maximum absolute atomic E-state index is 11.5. The van der Waals surface area contributed by atoms with Gasteiger partial charge in [0, 0.05) is 0 Å². The first kappa shape index (κ1) is 14.2. The number of ether oxygens (including phenoxy) is 1. The molecule has 14 heavy (non-hydrogen) atoms. The molecule has 0 aromatic carbocycles. The molecular formula is C10H16Br2O2. The van der Waals surface area contributed by atoms with Crippen LogP contribution in [-0.2, 0) is 9.53 Å². The van der Waals surface area contributed by atoms with Crippen LogP contribution < -0.4 is 0 Å². The van der Waals surface area contributed by atoms with E-state index in [1.807, 2.05) is 26.8 Å². The third-order valence-corrected chi connectivity index (χ3v) is 2.57. The van der Waals surface area contributed by atoms with Crippen molar-refractivity contribution in [3.8, 4) is 0 Å². The second-order valence-corrected chi connectivity index (χ2v) is 6.10. The molecule has 0 saturated heterocycles. The first-order valence-corrected chi connectivity index (χ1v) is 6.25. The Hall–Kier alpha value is 0.170. The van der Waals surface area contributed by atoms with E-state index in [0.29, 0.717) is 18.9 Å². The smallest absolute Gasteiger partial charge is 0.309 e. The first-order chi connectivity index (χ1) is 6.49. The van der Waals surface area contributed by atoms with Gasteiger partial charge in [0.05, 0.1) is 15.9 Å². The zero-order chi connectivity index (χ0) is 11.1. The lowest BCUT2D eigenvalue weighted by Crippen LogP contribution is -2.22. The lowest BCUT2D eigenvalue weighted by atomic mass is 9.93. The molecule has 0 amide bonds. The van der Waals surface area contributed by atoms with Crippen molar-refractivity contribution in [1.29, 1.82) is 0 Å². The van der Waals surface area contributed by atoms with Crippen LogP contribution in [0, 0.1) is 11.8 Å². The van der Waals surface area contributed by atoms with Gasteiger partial charge in [-0.3, -0.25) is 4.79 Å². The van der Waals surface area contributed by atoms with E-state index in [0.717, 1.165) is 3.39 Å². The average Bonchev–Trinajstić information content (AvgIpc) is 2.03. The Labute approximate surface area is 102 Å². The van der Waals surface area contributed by atoms with E-state index in [1.54, 1.807) is 0 Å². The molecule has 0 N–H and O–H groups in total. The fourth-order valence-electron chi connectivity index (χ4n) is 1.11. The molecule has 0 fully saturated rings. The topological polar surface area (TPSA) is 26.3 Å². The second-order valence-electron chi connectivity index (χ2n) is 3.33. The molecule has 4 heteroatoms. The minimum absolute atomic E-state index is 0.0555. The molecule has 0 heterocycles. The molecule has 0 saturated carbocycles. The molecule has 0 bridgehead atoms. The van der Waals surface area contributed by atoms with Crippen molar-refractivity contribution in [1.82, 2.24) is 0 Å². The van der Waals surface area contributed by atoms with E-state index in [1.165, 1.54) is 0 Å². The van der Waals surface area contributed by atoms with Gasteiger partial charge in [-0.2, -0.15) is 0 Å². The maximum atomic E-state index is 11.5. The quantitative estimate of drug-likeness (QED) is 0.717. The Balaban J connectivity index is 4.29. The number of hydrogen-bond donors (Lipinski definition) is 0. The van der Waals surface area contributed by atoms with Crippen LogP contribution in [0.4, 0.5) is 0 Å². The van der Waals surface area contributed by atoms with E-state index >= 15 is 0 Å². The van der Waals surface area contributed by atoms with Crippen molar-refractivity contribution in [2.75, 3.05) is 6.61 Å². The Morgan fingerprint density at radius 3 is 2.36 bits per heavy atom. The Morgan fingerprint density at radius 2 is 2.00 bits per heavy atom. The molecule has 2 nitrogen and oxygen atoms in total. The summed E-state index contributed by atoms with van der Waals surface area (Å²) in [7, 11) is 0. The van der Waals surface area contributed by atoms with Gasteiger partial charge in [-0.25, -0.2) is 0 Å². The Kier molecular flexibility index (Phi) is 7.55. The van der Waals surface area contributed by atoms with Crippen molar-refractivity contribution >= 4 is 37.8 Å². The third-order valence-electron chi connectivity index (χ3n) is 1.92. The number of carbonyl (C=O) groups excluding carboxylic acids is 1. The minimum Gasteiger partial charge on any atom is -0.466 e. The van der Waals surface area contributed by atoms with Gasteiger partial charge in [0.2, 0.25) is 0 Å². The molecule has 0 aromatic rings. The van der Waals surface area contributed by atoms with E-state index in [2.05, 4.69) is 31.9 Å². The standard InChI is InChI=1S/C10H16Br2O2/c1-4-14-10(13)8(7(2)3)5-6-9(11)12/h6-8H,4-5H2,1-3H3. The van der Waals surface area contributed by atoms with Gasteiger partial charge in [-0.15, -0.1) is 0 Å². The van der Waals surface area contributed by atoms with Gasteiger partial charge >= 0.3 is 5.97 Å². The summed E-state index contributed by atoms with van der Waals surface area (Å²) in [5.41, 5.74) is 0. The molecule has 0 aliphatic rings. The second kappa shape index (κ2) is 7.46. The van der Waals surface area contributed by atoms with Crippen LogP contribution in [0.15, 0.2) is 9.47 Å². The summed E-state index contributed by atoms with van der Waals surface area (Å²) in [6.45, 7) is 6.32. The van der Waals surface area contributed by atoms with Gasteiger partial charge in [0.25, 0.3) is 0 Å². The van der Waals surface area contributed by atoms with Gasteiger partial charge in [0.15, 0.2) is 0 Å². The summed E-state index contributed by atoms with van der Waals surface area (Å²) >= 11 is 6.53. The SMILES string of the molecule is CCOC(=O)C(CC=C(Br)Br)C(C)C. The third kappa shape index (κ3) is 5.81. The van der Waals surface area contributed by atoms with E-state index in [-0.39, 0.29) is 11.9 Å². The number of esters is 1. The molecule has 1 atom stereocenters. The van der Waals surface area contributed by atoms with Crippen LogP contribution in [0.25, 0.3) is 0 Å². The van der Waals surface area contributed by atoms with E-state index in [9.17, 15) is 4.79 Å². The molecule has 82 valence electrons. The van der Waals surface area contributed by atoms with Crippen molar-refractivity contribution in [3.05, 3.63) is 9.47 Å². The summed E-state index contributed by atoms with van der Waals surface area (Å²) in [5.74, 6) is 0.129. The van der Waals surface area contributed by atoms with Gasteiger partial charge in [0.1, 0.15) is 0 Å². The molecular weight excluding hydrogens is 312 g/mol. The maximum Gasteiger partial charge on any atom is 0.309 e. The lowest BCUT2D eigenvalue weighted by molar-refractivity contribution is -0.149. The monoisotopic (exact) mass is 326 g/mol. The van der Waals surface area contributed by atoms with Crippen LogP contribution in [0.2, 0.25) is 0 Å². The Morgan fingerprint density at radius 1 is 1.43 bits per heavy atom. The predicted octanol–water partition coefficient (Wildman–Crippen LogP) is 3.84. The highest BCUT2D eigenvalue weighted by atomic mass is 79.9. The van der Waals surface area contributed by atoms with Gasteiger partial charge < -0.3 is 4.74 Å². The van der Waals surface area contributed by atoms with E-state index in [4.69, 9.17) is 4.74 Å². The van der Waals surface area contributed by atoms with Crippen molar-refractivity contribution in [3.63, 3.8) is 0 Å². The summed E-state index contributed by atoms with van der Waals surface area (Å²) in [6.07, 6.45) is 2.63. The zero-order valence-electron chi connectivity index (χ0n) is 8.72. The van der Waals surface area contributed by atoms with Crippen LogP contribution in [0.3, 0.4) is 0 Å². The largest absolute Gasteiger partial charge is 0.466 e. The highest BCUT2D eigenvalue weighted by molar-refractivity contribution is 9.28. The summed E-state index contributed by atoms with van der Waals surface area (Å²) < 4.78 is 5.87. The Bertz CT molecular complexity index is 208. The highest BCUT2D eigenvalue weighted by Crippen LogP contribution is 2.22. The molecule has 0 radical (unpaired) electrons. The zero-order valence-corrected chi connectivity index (χ0v) is 11.9. The number of rotatable bonds is 5. The van der Waals surface area contributed by atoms with Crippen molar-refractivity contribution in [2.45, 2.75) is 27.2 Å². The van der Waals surface area contributed by atoms with Gasteiger partial charge in [-0.1, -0.05) is 19.9 Å². The molecule has 0 rings (SSSR count). The number of allylic oxidation sites excluding steroid dienone is 1. The summed E-state index contributed by atoms with van der Waals surface area (Å²) in [5, 5.41) is 0. The summed E-state index contributed by atoms with van der Waals surface area (Å²) in [4.78, 5) is 11.5. The number of halogens is 2. The fourth-order valence-corrected chi connectivity index (χ4v) is 1.48. The molecule has 1 unspecified atom stereocenters. The first-order valence-electron chi connectivity index (χ1n) is 4.66. The van der Waals surface area contributed by atoms with Crippen molar-refractivity contribution < 1.29 is 9.53 Å². The number of carbonyl (C=O) groups is 1.